The van der Waals surface area contributed by atoms with Crippen LogP contribution in [0.2, 0.25) is 0 Å². The normalized spacial score (nSPS) is 16.0. The fraction of sp³-hybridized carbons (Fsp3) is 0.333. The highest BCUT2D eigenvalue weighted by Gasteiger charge is 2.24. The molecule has 0 spiro atoms. The zero-order valence-corrected chi connectivity index (χ0v) is 18.1. The molecular weight excluding hydrogens is 436 g/mol. The third-order valence-electron chi connectivity index (χ3n) is 5.46. The van der Waals surface area contributed by atoms with Crippen LogP contribution in [0.5, 0.6) is 11.5 Å². The van der Waals surface area contributed by atoms with Gasteiger partial charge in [-0.25, -0.2) is 0 Å². The molecule has 0 radical (unpaired) electrons. The topological polar surface area (TPSA) is 108 Å². The van der Waals surface area contributed by atoms with Crippen molar-refractivity contribution in [3.8, 4) is 11.5 Å². The van der Waals surface area contributed by atoms with Gasteiger partial charge in [0.1, 0.15) is 5.69 Å². The zero-order valence-electron chi connectivity index (χ0n) is 17.3. The molecule has 0 saturated carbocycles. The molecule has 32 heavy (non-hydrogen) atoms. The molecule has 2 aromatic carbocycles. The Balaban J connectivity index is 1.53. The van der Waals surface area contributed by atoms with E-state index < -0.39 is 10.8 Å². The van der Waals surface area contributed by atoms with Crippen molar-refractivity contribution in [2.45, 2.75) is 13.5 Å². The van der Waals surface area contributed by atoms with Gasteiger partial charge < -0.3 is 23.7 Å². The van der Waals surface area contributed by atoms with Crippen LogP contribution in [-0.2, 0) is 11.3 Å². The minimum absolute atomic E-state index is 0.113. The second-order valence-electron chi connectivity index (χ2n) is 7.28. The fourth-order valence-electron chi connectivity index (χ4n) is 3.88. The Bertz CT molecular complexity index is 1290. The minimum atomic E-state index is -0.532. The molecule has 11 heteroatoms. The lowest BCUT2D eigenvalue weighted by molar-refractivity contribution is -0.384. The van der Waals surface area contributed by atoms with Gasteiger partial charge >= 0.3 is 0 Å². The number of amides is 1. The molecule has 2 aliphatic rings. The summed E-state index contributed by atoms with van der Waals surface area (Å²) in [6.45, 7) is 4.89. The number of fused-ring (bicyclic) bond motifs is 2. The van der Waals surface area contributed by atoms with Gasteiger partial charge in [-0.2, -0.15) is 4.99 Å². The summed E-state index contributed by atoms with van der Waals surface area (Å²) in [4.78, 5) is 30.9. The number of nitro benzene ring substituents is 1. The third-order valence-corrected chi connectivity index (χ3v) is 6.50. The van der Waals surface area contributed by atoms with Crippen molar-refractivity contribution in [3.05, 3.63) is 50.8 Å². The predicted octanol–water partition coefficient (Wildman–Crippen LogP) is 2.94. The predicted molar refractivity (Wildman–Crippen MR) is 118 cm³/mol. The maximum absolute atomic E-state index is 12.9. The van der Waals surface area contributed by atoms with Gasteiger partial charge in [-0.05, 0) is 19.1 Å². The molecule has 3 aromatic rings. The van der Waals surface area contributed by atoms with Crippen molar-refractivity contribution >= 4 is 38.8 Å². The van der Waals surface area contributed by atoms with Crippen LogP contribution in [0.3, 0.4) is 0 Å². The summed E-state index contributed by atoms with van der Waals surface area (Å²) in [6.07, 6.45) is 0. The Morgan fingerprint density at radius 2 is 1.94 bits per heavy atom. The summed E-state index contributed by atoms with van der Waals surface area (Å²) in [5.74, 6) is 0.786. The molecular formula is C21H20N4O6S. The van der Waals surface area contributed by atoms with E-state index in [2.05, 4.69) is 4.99 Å². The number of benzene rings is 2. The van der Waals surface area contributed by atoms with Gasteiger partial charge in [0, 0.05) is 43.4 Å². The molecule has 1 aromatic heterocycles. The van der Waals surface area contributed by atoms with Crippen LogP contribution in [0, 0.1) is 10.1 Å². The highest BCUT2D eigenvalue weighted by atomic mass is 32.1. The number of nitrogens with zero attached hydrogens (tertiary/aromatic N) is 4. The number of aromatic nitrogens is 1. The fourth-order valence-corrected chi connectivity index (χ4v) is 4.98. The number of anilines is 1. The first-order valence-corrected chi connectivity index (χ1v) is 11.0. The molecule has 0 aliphatic carbocycles. The molecule has 5 rings (SSSR count). The molecule has 1 saturated heterocycles. The van der Waals surface area contributed by atoms with Gasteiger partial charge in [0.25, 0.3) is 11.6 Å². The lowest BCUT2D eigenvalue weighted by atomic mass is 10.1. The van der Waals surface area contributed by atoms with Crippen molar-refractivity contribution in [2.24, 2.45) is 4.99 Å². The number of ether oxygens (including phenoxy) is 3. The number of morpholine rings is 1. The first kappa shape index (κ1) is 20.5. The second-order valence-corrected chi connectivity index (χ2v) is 8.29. The highest BCUT2D eigenvalue weighted by Crippen LogP contribution is 2.37. The van der Waals surface area contributed by atoms with Crippen molar-refractivity contribution in [1.82, 2.24) is 4.57 Å². The maximum Gasteiger partial charge on any atom is 0.293 e. The summed E-state index contributed by atoms with van der Waals surface area (Å²) < 4.78 is 19.0. The van der Waals surface area contributed by atoms with Crippen LogP contribution in [0.4, 0.5) is 11.4 Å². The van der Waals surface area contributed by atoms with Crippen molar-refractivity contribution in [1.29, 1.82) is 0 Å². The van der Waals surface area contributed by atoms with E-state index in [0.29, 0.717) is 54.8 Å². The number of aryl methyl sites for hydroxylation is 1. The van der Waals surface area contributed by atoms with Gasteiger partial charge in [-0.15, -0.1) is 0 Å². The molecule has 0 unspecified atom stereocenters. The minimum Gasteiger partial charge on any atom is -0.454 e. The summed E-state index contributed by atoms with van der Waals surface area (Å²) in [6, 6.07) is 8.26. The van der Waals surface area contributed by atoms with Crippen LogP contribution >= 0.6 is 11.3 Å². The number of hydrogen-bond donors (Lipinski definition) is 0. The van der Waals surface area contributed by atoms with E-state index in [1.807, 2.05) is 28.5 Å². The van der Waals surface area contributed by atoms with E-state index in [-0.39, 0.29) is 18.0 Å². The molecule has 10 nitrogen and oxygen atoms in total. The number of carbonyl (C=O) groups excluding carboxylic acids is 1. The number of rotatable bonds is 4. The summed E-state index contributed by atoms with van der Waals surface area (Å²) in [7, 11) is 0. The monoisotopic (exact) mass is 456 g/mol. The average Bonchev–Trinajstić information content (AvgIpc) is 3.40. The molecule has 0 atom stereocenters. The largest absolute Gasteiger partial charge is 0.454 e. The van der Waals surface area contributed by atoms with Gasteiger partial charge in [-0.1, -0.05) is 11.3 Å². The van der Waals surface area contributed by atoms with Crippen LogP contribution in [-0.4, -0.2) is 48.5 Å². The highest BCUT2D eigenvalue weighted by molar-refractivity contribution is 7.16. The summed E-state index contributed by atoms with van der Waals surface area (Å²) >= 11 is 1.36. The molecule has 0 N–H and O–H groups in total. The molecule has 166 valence electrons. The van der Waals surface area contributed by atoms with Crippen LogP contribution in [0.25, 0.3) is 10.2 Å². The van der Waals surface area contributed by atoms with Crippen LogP contribution in [0.1, 0.15) is 17.3 Å². The van der Waals surface area contributed by atoms with E-state index >= 15 is 0 Å². The maximum atomic E-state index is 12.9. The third kappa shape index (κ3) is 3.59. The first-order valence-electron chi connectivity index (χ1n) is 10.2. The summed E-state index contributed by atoms with van der Waals surface area (Å²) in [5, 5.41) is 11.7. The van der Waals surface area contributed by atoms with E-state index in [9.17, 15) is 14.9 Å². The summed E-state index contributed by atoms with van der Waals surface area (Å²) in [5.41, 5.74) is 1.43. The van der Waals surface area contributed by atoms with E-state index in [1.54, 1.807) is 12.1 Å². The van der Waals surface area contributed by atoms with Gasteiger partial charge in [0.15, 0.2) is 16.3 Å². The Morgan fingerprint density at radius 3 is 2.66 bits per heavy atom. The lowest BCUT2D eigenvalue weighted by Crippen LogP contribution is -2.36. The Morgan fingerprint density at radius 1 is 1.19 bits per heavy atom. The molecule has 2 aliphatic heterocycles. The molecule has 0 bridgehead atoms. The SMILES string of the molecule is CCn1c(=NC(=O)c2ccc(N3CCOCC3)c([N+](=O)[O-])c2)sc2cc3c(cc21)OCO3. The van der Waals surface area contributed by atoms with Crippen molar-refractivity contribution in [2.75, 3.05) is 38.0 Å². The lowest BCUT2D eigenvalue weighted by Gasteiger charge is -2.28. The first-order chi connectivity index (χ1) is 15.5. The smallest absolute Gasteiger partial charge is 0.293 e. The van der Waals surface area contributed by atoms with Crippen LogP contribution < -0.4 is 19.2 Å². The quantitative estimate of drug-likeness (QED) is 0.439. The number of hydrogen-bond acceptors (Lipinski definition) is 8. The number of nitro groups is 1. The van der Waals surface area contributed by atoms with Gasteiger partial charge in [0.2, 0.25) is 6.79 Å². The van der Waals surface area contributed by atoms with Crippen molar-refractivity contribution < 1.29 is 23.9 Å². The number of thiazole rings is 1. The van der Waals surface area contributed by atoms with Gasteiger partial charge in [0.05, 0.1) is 28.4 Å². The van der Waals surface area contributed by atoms with E-state index in [4.69, 9.17) is 14.2 Å². The molecule has 1 amide bonds. The van der Waals surface area contributed by atoms with Gasteiger partial charge in [-0.3, -0.25) is 14.9 Å². The van der Waals surface area contributed by atoms with Crippen LogP contribution in [0.15, 0.2) is 35.3 Å². The van der Waals surface area contributed by atoms with Crippen molar-refractivity contribution in [3.63, 3.8) is 0 Å². The number of carbonyl (C=O) groups is 1. The standard InChI is InChI=1S/C21H20N4O6S/c1-2-24-16-10-17-18(31-12-30-17)11-19(16)32-21(24)22-20(26)13-3-4-14(15(9-13)25(27)28)23-5-7-29-8-6-23/h3-4,9-11H,2,5-8,12H2,1H3. The van der Waals surface area contributed by atoms with E-state index in [0.717, 1.165) is 10.2 Å². The second kappa shape index (κ2) is 8.24. The van der Waals surface area contributed by atoms with E-state index in [1.165, 1.54) is 17.4 Å². The Labute approximate surface area is 186 Å². The average molecular weight is 456 g/mol. The molecule has 1 fully saturated rings. The molecule has 3 heterocycles. The Hall–Kier alpha value is -3.44. The Kier molecular flexibility index (Phi) is 5.27. The zero-order chi connectivity index (χ0) is 22.2.